The van der Waals surface area contributed by atoms with Crippen LogP contribution < -0.4 is 14.8 Å². The molecule has 24 heavy (non-hydrogen) atoms. The molecule has 1 unspecified atom stereocenters. The number of carbonyl (C=O) groups is 1. The standard InChI is InChI=1S/C17H18N2O4S/c1-3-12-4-7-14(8-5-12)24(21,22)19-13-6-9-16-15(10-13)18-17(20)11(2)23-16/h4-11,19H,3H2,1-2H3,(H,18,20). The first-order valence-corrected chi connectivity index (χ1v) is 9.10. The van der Waals surface area contributed by atoms with E-state index < -0.39 is 16.1 Å². The maximum absolute atomic E-state index is 12.5. The van der Waals surface area contributed by atoms with E-state index in [1.165, 1.54) is 6.07 Å². The third-order valence-electron chi connectivity index (χ3n) is 3.80. The lowest BCUT2D eigenvalue weighted by molar-refractivity contribution is -0.122. The summed E-state index contributed by atoms with van der Waals surface area (Å²) in [4.78, 5) is 11.8. The van der Waals surface area contributed by atoms with Crippen molar-refractivity contribution in [3.05, 3.63) is 48.0 Å². The van der Waals surface area contributed by atoms with Gasteiger partial charge in [0.15, 0.2) is 6.10 Å². The first kappa shape index (κ1) is 16.3. The highest BCUT2D eigenvalue weighted by Crippen LogP contribution is 2.32. The van der Waals surface area contributed by atoms with Crippen molar-refractivity contribution in [3.8, 4) is 5.75 Å². The van der Waals surface area contributed by atoms with Crippen molar-refractivity contribution in [2.75, 3.05) is 10.0 Å². The van der Waals surface area contributed by atoms with Crippen LogP contribution in [0.1, 0.15) is 19.4 Å². The lowest BCUT2D eigenvalue weighted by Gasteiger charge is -2.23. The van der Waals surface area contributed by atoms with Gasteiger partial charge in [0, 0.05) is 0 Å². The number of benzene rings is 2. The van der Waals surface area contributed by atoms with Crippen molar-refractivity contribution in [3.63, 3.8) is 0 Å². The number of anilines is 2. The van der Waals surface area contributed by atoms with E-state index in [1.54, 1.807) is 43.3 Å². The minimum absolute atomic E-state index is 0.186. The van der Waals surface area contributed by atoms with Gasteiger partial charge in [-0.3, -0.25) is 9.52 Å². The van der Waals surface area contributed by atoms with Crippen LogP contribution in [0.15, 0.2) is 47.4 Å². The number of amides is 1. The van der Waals surface area contributed by atoms with Crippen molar-refractivity contribution in [1.82, 2.24) is 0 Å². The van der Waals surface area contributed by atoms with Gasteiger partial charge in [0.1, 0.15) is 5.75 Å². The minimum Gasteiger partial charge on any atom is -0.479 e. The zero-order valence-corrected chi connectivity index (χ0v) is 14.2. The Balaban J connectivity index is 1.85. The predicted octanol–water partition coefficient (Wildman–Crippen LogP) is 2.77. The van der Waals surface area contributed by atoms with Gasteiger partial charge >= 0.3 is 0 Å². The van der Waals surface area contributed by atoms with Crippen molar-refractivity contribution in [2.24, 2.45) is 0 Å². The molecule has 1 amide bonds. The van der Waals surface area contributed by atoms with Crippen molar-refractivity contribution in [1.29, 1.82) is 0 Å². The quantitative estimate of drug-likeness (QED) is 0.891. The molecule has 1 heterocycles. The van der Waals surface area contributed by atoms with Crippen LogP contribution in [-0.4, -0.2) is 20.4 Å². The third kappa shape index (κ3) is 3.21. The smallest absolute Gasteiger partial charge is 0.265 e. The van der Waals surface area contributed by atoms with Gasteiger partial charge < -0.3 is 10.1 Å². The SMILES string of the molecule is CCc1ccc(S(=O)(=O)Nc2ccc3c(c2)NC(=O)C(C)O3)cc1. The number of rotatable bonds is 4. The number of aryl methyl sites for hydroxylation is 1. The molecule has 3 rings (SSSR count). The number of fused-ring (bicyclic) bond motifs is 1. The molecule has 1 aliphatic heterocycles. The second kappa shape index (κ2) is 6.16. The van der Waals surface area contributed by atoms with Crippen molar-refractivity contribution >= 4 is 27.3 Å². The number of nitrogens with one attached hydrogen (secondary N) is 2. The number of ether oxygens (including phenoxy) is 1. The van der Waals surface area contributed by atoms with E-state index >= 15 is 0 Å². The van der Waals surface area contributed by atoms with Crippen molar-refractivity contribution < 1.29 is 17.9 Å². The molecule has 0 saturated heterocycles. The Morgan fingerprint density at radius 2 is 1.88 bits per heavy atom. The number of hydrogen-bond donors (Lipinski definition) is 2. The van der Waals surface area contributed by atoms with E-state index in [4.69, 9.17) is 4.74 Å². The van der Waals surface area contributed by atoms with E-state index in [1.807, 2.05) is 6.92 Å². The predicted molar refractivity (Wildman–Crippen MR) is 91.8 cm³/mol. The normalized spacial score (nSPS) is 16.8. The molecule has 0 radical (unpaired) electrons. The minimum atomic E-state index is -3.69. The molecule has 6 nitrogen and oxygen atoms in total. The first-order chi connectivity index (χ1) is 11.4. The van der Waals surface area contributed by atoms with Crippen LogP contribution in [0.2, 0.25) is 0 Å². The summed E-state index contributed by atoms with van der Waals surface area (Å²) in [7, 11) is -3.69. The van der Waals surface area contributed by atoms with Gasteiger partial charge in [-0.2, -0.15) is 0 Å². The van der Waals surface area contributed by atoms with Gasteiger partial charge in [0.25, 0.3) is 15.9 Å². The second-order valence-corrected chi connectivity index (χ2v) is 7.25. The van der Waals surface area contributed by atoms with Crippen LogP contribution in [0.25, 0.3) is 0 Å². The Kier molecular flexibility index (Phi) is 4.19. The van der Waals surface area contributed by atoms with E-state index in [2.05, 4.69) is 10.0 Å². The number of carbonyl (C=O) groups excluding carboxylic acids is 1. The fourth-order valence-corrected chi connectivity index (χ4v) is 3.44. The van der Waals surface area contributed by atoms with E-state index in [0.717, 1.165) is 12.0 Å². The molecule has 2 aromatic carbocycles. The molecule has 2 N–H and O–H groups in total. The fourth-order valence-electron chi connectivity index (χ4n) is 2.39. The Bertz CT molecular complexity index is 876. The van der Waals surface area contributed by atoms with Gasteiger partial charge in [-0.1, -0.05) is 19.1 Å². The summed E-state index contributed by atoms with van der Waals surface area (Å²) in [6, 6.07) is 11.5. The summed E-state index contributed by atoms with van der Waals surface area (Å²) < 4.78 is 32.9. The van der Waals surface area contributed by atoms with Crippen LogP contribution in [0.5, 0.6) is 5.75 Å². The monoisotopic (exact) mass is 346 g/mol. The summed E-state index contributed by atoms with van der Waals surface area (Å²) >= 11 is 0. The van der Waals surface area contributed by atoms with E-state index in [9.17, 15) is 13.2 Å². The van der Waals surface area contributed by atoms with Gasteiger partial charge in [-0.25, -0.2) is 8.42 Å². The lowest BCUT2D eigenvalue weighted by atomic mass is 10.2. The Morgan fingerprint density at radius 1 is 1.17 bits per heavy atom. The number of hydrogen-bond acceptors (Lipinski definition) is 4. The highest BCUT2D eigenvalue weighted by molar-refractivity contribution is 7.92. The Labute approximate surface area is 140 Å². The molecule has 2 aromatic rings. The highest BCUT2D eigenvalue weighted by atomic mass is 32.2. The summed E-state index contributed by atoms with van der Waals surface area (Å²) in [5.74, 6) is 0.245. The molecule has 0 fully saturated rings. The van der Waals surface area contributed by atoms with Crippen molar-refractivity contribution in [2.45, 2.75) is 31.3 Å². The van der Waals surface area contributed by atoms with Gasteiger partial charge in [0.05, 0.1) is 16.3 Å². The molecule has 0 saturated carbocycles. The maximum atomic E-state index is 12.5. The molecule has 0 bridgehead atoms. The average molecular weight is 346 g/mol. The second-order valence-electron chi connectivity index (χ2n) is 5.56. The Morgan fingerprint density at radius 3 is 2.54 bits per heavy atom. The molecule has 0 aromatic heterocycles. The van der Waals surface area contributed by atoms with Crippen LogP contribution in [0.3, 0.4) is 0 Å². The summed E-state index contributed by atoms with van der Waals surface area (Å²) in [5.41, 5.74) is 1.86. The van der Waals surface area contributed by atoms with E-state index in [-0.39, 0.29) is 10.8 Å². The fraction of sp³-hybridized carbons (Fsp3) is 0.235. The van der Waals surface area contributed by atoms with Gasteiger partial charge in [-0.15, -0.1) is 0 Å². The molecule has 0 aliphatic carbocycles. The highest BCUT2D eigenvalue weighted by Gasteiger charge is 2.24. The Hall–Kier alpha value is -2.54. The molecular formula is C17H18N2O4S. The van der Waals surface area contributed by atoms with Crippen LogP contribution >= 0.6 is 0 Å². The van der Waals surface area contributed by atoms with E-state index in [0.29, 0.717) is 17.1 Å². The van der Waals surface area contributed by atoms with Crippen LogP contribution in [-0.2, 0) is 21.2 Å². The molecule has 1 aliphatic rings. The molecule has 7 heteroatoms. The first-order valence-electron chi connectivity index (χ1n) is 7.62. The lowest BCUT2D eigenvalue weighted by Crippen LogP contribution is -2.34. The summed E-state index contributed by atoms with van der Waals surface area (Å²) in [5, 5.41) is 2.69. The summed E-state index contributed by atoms with van der Waals surface area (Å²) in [6.45, 7) is 3.65. The molecule has 126 valence electrons. The third-order valence-corrected chi connectivity index (χ3v) is 5.20. The van der Waals surface area contributed by atoms with Crippen LogP contribution in [0, 0.1) is 0 Å². The average Bonchev–Trinajstić information content (AvgIpc) is 2.56. The molecular weight excluding hydrogens is 328 g/mol. The van der Waals surface area contributed by atoms with Gasteiger partial charge in [-0.05, 0) is 49.2 Å². The molecule has 1 atom stereocenters. The number of sulfonamides is 1. The zero-order valence-electron chi connectivity index (χ0n) is 13.4. The topological polar surface area (TPSA) is 84.5 Å². The molecule has 0 spiro atoms. The zero-order chi connectivity index (χ0) is 17.3. The maximum Gasteiger partial charge on any atom is 0.265 e. The van der Waals surface area contributed by atoms with Gasteiger partial charge in [0.2, 0.25) is 0 Å². The summed E-state index contributed by atoms with van der Waals surface area (Å²) in [6.07, 6.45) is 0.272. The van der Waals surface area contributed by atoms with Crippen LogP contribution in [0.4, 0.5) is 11.4 Å². The largest absolute Gasteiger partial charge is 0.479 e.